The van der Waals surface area contributed by atoms with E-state index in [1.165, 1.54) is 13.0 Å². The molecule has 4 rings (SSSR count). The monoisotopic (exact) mass is 451 g/mol. The lowest BCUT2D eigenvalue weighted by Crippen LogP contribution is -2.46. The first-order chi connectivity index (χ1) is 15.2. The second-order valence-corrected chi connectivity index (χ2v) is 8.20. The van der Waals surface area contributed by atoms with Crippen molar-refractivity contribution in [2.75, 3.05) is 36.5 Å². The number of halogens is 3. The van der Waals surface area contributed by atoms with Gasteiger partial charge in [-0.2, -0.15) is 13.2 Å². The average Bonchev–Trinajstić information content (AvgIpc) is 3.03. The zero-order valence-corrected chi connectivity index (χ0v) is 17.5. The fourth-order valence-electron chi connectivity index (χ4n) is 4.45. The molecule has 0 bridgehead atoms. The summed E-state index contributed by atoms with van der Waals surface area (Å²) < 4.78 is 45.2. The molecule has 32 heavy (non-hydrogen) atoms. The van der Waals surface area contributed by atoms with Gasteiger partial charge >= 0.3 is 6.18 Å². The molecule has 2 aliphatic heterocycles. The lowest BCUT2D eigenvalue weighted by atomic mass is 9.85. The van der Waals surface area contributed by atoms with Crippen molar-refractivity contribution in [3.8, 4) is 0 Å². The number of anilines is 2. The second kappa shape index (κ2) is 8.57. The quantitative estimate of drug-likeness (QED) is 0.563. The standard InChI is InChI=1S/C22H24F3N3O4/c1-13(28-20(30)15-4-2-3-5-16(15)21(28)31)19(29)26-17-12-14(22(23,24)25)6-7-18(17)27-8-10-32-11-9-27/h2-3,6-7,12-13,15-16H,4-5,8-11H2,1H3,(H,26,29)/t13-,15+,16+/m0/s1. The highest BCUT2D eigenvalue weighted by atomic mass is 19.4. The summed E-state index contributed by atoms with van der Waals surface area (Å²) in [4.78, 5) is 41.3. The molecule has 1 N–H and O–H groups in total. The minimum Gasteiger partial charge on any atom is -0.378 e. The van der Waals surface area contributed by atoms with Crippen LogP contribution in [0.4, 0.5) is 24.5 Å². The van der Waals surface area contributed by atoms with Crippen LogP contribution in [0.3, 0.4) is 0 Å². The summed E-state index contributed by atoms with van der Waals surface area (Å²) in [6.45, 7) is 3.17. The lowest BCUT2D eigenvalue weighted by molar-refractivity contribution is -0.146. The van der Waals surface area contributed by atoms with Crippen LogP contribution in [-0.4, -0.2) is 55.0 Å². The largest absolute Gasteiger partial charge is 0.416 e. The van der Waals surface area contributed by atoms with Crippen LogP contribution in [0.1, 0.15) is 25.3 Å². The van der Waals surface area contributed by atoms with Crippen molar-refractivity contribution in [1.29, 1.82) is 0 Å². The first-order valence-corrected chi connectivity index (χ1v) is 10.5. The summed E-state index contributed by atoms with van der Waals surface area (Å²) in [7, 11) is 0. The molecule has 3 atom stereocenters. The van der Waals surface area contributed by atoms with Crippen LogP contribution in [-0.2, 0) is 25.3 Å². The van der Waals surface area contributed by atoms with Gasteiger partial charge in [-0.25, -0.2) is 0 Å². The Labute approximate surface area is 183 Å². The number of fused-ring (bicyclic) bond motifs is 1. The maximum atomic E-state index is 13.3. The highest BCUT2D eigenvalue weighted by molar-refractivity contribution is 6.10. The van der Waals surface area contributed by atoms with Crippen LogP contribution in [0.25, 0.3) is 0 Å². The zero-order chi connectivity index (χ0) is 23.0. The van der Waals surface area contributed by atoms with Crippen LogP contribution < -0.4 is 10.2 Å². The molecule has 7 nitrogen and oxygen atoms in total. The predicted molar refractivity (Wildman–Crippen MR) is 110 cm³/mol. The van der Waals surface area contributed by atoms with Gasteiger partial charge in [-0.05, 0) is 38.0 Å². The topological polar surface area (TPSA) is 79.0 Å². The number of rotatable bonds is 4. The molecule has 0 spiro atoms. The molecule has 10 heteroatoms. The van der Waals surface area contributed by atoms with Crippen molar-refractivity contribution in [2.45, 2.75) is 32.0 Å². The van der Waals surface area contributed by atoms with Crippen molar-refractivity contribution in [1.82, 2.24) is 4.90 Å². The maximum absolute atomic E-state index is 13.3. The fraction of sp³-hybridized carbons (Fsp3) is 0.500. The lowest BCUT2D eigenvalue weighted by Gasteiger charge is -2.31. The number of nitrogens with one attached hydrogen (secondary N) is 1. The molecule has 2 fully saturated rings. The smallest absolute Gasteiger partial charge is 0.378 e. The third-order valence-corrected chi connectivity index (χ3v) is 6.24. The van der Waals surface area contributed by atoms with Gasteiger partial charge in [0.05, 0.1) is 42.0 Å². The number of alkyl halides is 3. The van der Waals surface area contributed by atoms with E-state index in [0.717, 1.165) is 17.0 Å². The summed E-state index contributed by atoms with van der Waals surface area (Å²) in [5.41, 5.74) is -0.488. The van der Waals surface area contributed by atoms with E-state index in [9.17, 15) is 27.6 Å². The molecule has 1 aromatic carbocycles. The number of carbonyl (C=O) groups excluding carboxylic acids is 3. The van der Waals surface area contributed by atoms with E-state index in [-0.39, 0.29) is 5.69 Å². The first-order valence-electron chi connectivity index (χ1n) is 10.5. The highest BCUT2D eigenvalue weighted by Crippen LogP contribution is 2.38. The Morgan fingerprint density at radius 3 is 2.25 bits per heavy atom. The van der Waals surface area contributed by atoms with Crippen molar-refractivity contribution in [2.24, 2.45) is 11.8 Å². The van der Waals surface area contributed by atoms with Crippen molar-refractivity contribution < 1.29 is 32.3 Å². The van der Waals surface area contributed by atoms with E-state index in [2.05, 4.69) is 5.32 Å². The number of benzene rings is 1. The molecule has 2 heterocycles. The summed E-state index contributed by atoms with van der Waals surface area (Å²) >= 11 is 0. The zero-order valence-electron chi connectivity index (χ0n) is 17.5. The summed E-state index contributed by atoms with van der Waals surface area (Å²) in [5, 5.41) is 2.54. The Morgan fingerprint density at radius 1 is 1.09 bits per heavy atom. The number of morpholine rings is 1. The summed E-state index contributed by atoms with van der Waals surface area (Å²) in [6, 6.07) is 2.02. The van der Waals surface area contributed by atoms with Crippen molar-refractivity contribution in [3.63, 3.8) is 0 Å². The summed E-state index contributed by atoms with van der Waals surface area (Å²) in [5.74, 6) is -2.51. The van der Waals surface area contributed by atoms with Gasteiger partial charge in [0.25, 0.3) is 0 Å². The number of carbonyl (C=O) groups is 3. The van der Waals surface area contributed by atoms with E-state index in [1.807, 2.05) is 17.1 Å². The van der Waals surface area contributed by atoms with E-state index >= 15 is 0 Å². The summed E-state index contributed by atoms with van der Waals surface area (Å²) in [6.07, 6.45) is -0.0162. The Hall–Kier alpha value is -2.88. The molecular formula is C22H24F3N3O4. The predicted octanol–water partition coefficient (Wildman–Crippen LogP) is 2.82. The number of likely N-dealkylation sites (tertiary alicyclic amines) is 1. The fourth-order valence-corrected chi connectivity index (χ4v) is 4.45. The molecule has 172 valence electrons. The van der Waals surface area contributed by atoms with Gasteiger partial charge < -0.3 is 15.0 Å². The van der Waals surface area contributed by atoms with Crippen molar-refractivity contribution >= 4 is 29.1 Å². The van der Waals surface area contributed by atoms with Crippen LogP contribution in [0.15, 0.2) is 30.4 Å². The molecule has 0 saturated carbocycles. The van der Waals surface area contributed by atoms with Gasteiger partial charge in [-0.15, -0.1) is 0 Å². The number of imide groups is 1. The van der Waals surface area contributed by atoms with Crippen LogP contribution >= 0.6 is 0 Å². The van der Waals surface area contributed by atoms with E-state index in [1.54, 1.807) is 0 Å². The second-order valence-electron chi connectivity index (χ2n) is 8.20. The number of hydrogen-bond acceptors (Lipinski definition) is 5. The molecular weight excluding hydrogens is 427 g/mol. The van der Waals surface area contributed by atoms with Gasteiger partial charge in [0.2, 0.25) is 17.7 Å². The Balaban J connectivity index is 1.58. The van der Waals surface area contributed by atoms with Gasteiger partial charge in [-0.1, -0.05) is 12.2 Å². The molecule has 0 radical (unpaired) electrons. The molecule has 2 saturated heterocycles. The Kier molecular flexibility index (Phi) is 5.98. The third-order valence-electron chi connectivity index (χ3n) is 6.24. The molecule has 0 aromatic heterocycles. The highest BCUT2D eigenvalue weighted by Gasteiger charge is 2.50. The van der Waals surface area contributed by atoms with Gasteiger partial charge in [0.15, 0.2) is 0 Å². The number of nitrogens with zero attached hydrogens (tertiary/aromatic N) is 2. The molecule has 1 aliphatic carbocycles. The Bertz CT molecular complexity index is 930. The number of hydrogen-bond donors (Lipinski definition) is 1. The van der Waals surface area contributed by atoms with Crippen LogP contribution in [0, 0.1) is 11.8 Å². The van der Waals surface area contributed by atoms with E-state index < -0.39 is 47.3 Å². The average molecular weight is 451 g/mol. The van der Waals surface area contributed by atoms with Gasteiger partial charge in [0.1, 0.15) is 6.04 Å². The van der Waals surface area contributed by atoms with E-state index in [0.29, 0.717) is 44.8 Å². The van der Waals surface area contributed by atoms with E-state index in [4.69, 9.17) is 4.74 Å². The van der Waals surface area contributed by atoms with Crippen LogP contribution in [0.5, 0.6) is 0 Å². The first kappa shape index (κ1) is 22.3. The number of allylic oxidation sites excluding steroid dienone is 2. The van der Waals surface area contributed by atoms with Gasteiger partial charge in [-0.3, -0.25) is 19.3 Å². The maximum Gasteiger partial charge on any atom is 0.416 e. The minimum atomic E-state index is -4.59. The van der Waals surface area contributed by atoms with Gasteiger partial charge in [0, 0.05) is 13.1 Å². The van der Waals surface area contributed by atoms with Crippen molar-refractivity contribution in [3.05, 3.63) is 35.9 Å². The number of ether oxygens (including phenoxy) is 1. The molecule has 3 aliphatic rings. The minimum absolute atomic E-state index is 0.0169. The normalized spacial score (nSPS) is 24.5. The molecule has 3 amide bonds. The SMILES string of the molecule is C[C@@H](C(=O)Nc1cc(C(F)(F)F)ccc1N1CCOCC1)N1C(=O)[C@@H]2CC=CC[C@H]2C1=O. The third kappa shape index (κ3) is 4.11. The molecule has 1 aromatic rings. The number of amides is 3. The molecule has 0 unspecified atom stereocenters. The van der Waals surface area contributed by atoms with Crippen LogP contribution in [0.2, 0.25) is 0 Å². The Morgan fingerprint density at radius 2 is 1.69 bits per heavy atom.